The van der Waals surface area contributed by atoms with Gasteiger partial charge in [-0.25, -0.2) is 4.98 Å². The molecule has 0 spiro atoms. The van der Waals surface area contributed by atoms with Crippen LogP contribution in [0.15, 0.2) is 9.72 Å². The molecule has 1 aromatic rings. The minimum Gasteiger partial charge on any atom is -0.394 e. The number of thiazole rings is 1. The number of hydrogen-bond donors (Lipinski definition) is 2. The van der Waals surface area contributed by atoms with Crippen LogP contribution in [0.4, 0.5) is 0 Å². The van der Waals surface area contributed by atoms with Crippen LogP contribution in [0, 0.1) is 6.92 Å². The molecular weight excluding hydrogens is 252 g/mol. The second-order valence-corrected chi connectivity index (χ2v) is 7.18. The molecule has 17 heavy (non-hydrogen) atoms. The lowest BCUT2D eigenvalue weighted by molar-refractivity contribution is 0.168. The summed E-state index contributed by atoms with van der Waals surface area (Å²) in [7, 11) is 0. The highest BCUT2D eigenvalue weighted by molar-refractivity contribution is 8.01. The van der Waals surface area contributed by atoms with Crippen LogP contribution < -0.4 is 5.32 Å². The summed E-state index contributed by atoms with van der Waals surface area (Å²) in [5, 5.41) is 15.3. The molecule has 0 radical (unpaired) electrons. The molecule has 0 aliphatic carbocycles. The zero-order valence-electron chi connectivity index (χ0n) is 11.0. The van der Waals surface area contributed by atoms with Crippen molar-refractivity contribution in [3.8, 4) is 0 Å². The second-order valence-electron chi connectivity index (χ2n) is 4.64. The zero-order valence-corrected chi connectivity index (χ0v) is 12.6. The van der Waals surface area contributed by atoms with Gasteiger partial charge in [-0.05, 0) is 26.8 Å². The Bertz CT molecular complexity index is 343. The van der Waals surface area contributed by atoms with Gasteiger partial charge in [-0.2, -0.15) is 0 Å². The van der Waals surface area contributed by atoms with E-state index in [0.717, 1.165) is 23.0 Å². The molecule has 5 heteroatoms. The molecular formula is C12H22N2OS2. The van der Waals surface area contributed by atoms with Crippen molar-refractivity contribution < 1.29 is 5.11 Å². The van der Waals surface area contributed by atoms with E-state index in [9.17, 15) is 5.11 Å². The average Bonchev–Trinajstić information content (AvgIpc) is 2.64. The van der Waals surface area contributed by atoms with Crippen LogP contribution in [0.1, 0.15) is 32.9 Å². The average molecular weight is 274 g/mol. The number of thioether (sulfide) groups is 1. The molecule has 0 aliphatic heterocycles. The minimum absolute atomic E-state index is 0.169. The first-order chi connectivity index (χ1) is 7.99. The molecule has 0 fully saturated rings. The van der Waals surface area contributed by atoms with E-state index in [1.54, 1.807) is 23.1 Å². The molecule has 2 atom stereocenters. The van der Waals surface area contributed by atoms with Gasteiger partial charge >= 0.3 is 0 Å². The Morgan fingerprint density at radius 1 is 1.65 bits per heavy atom. The van der Waals surface area contributed by atoms with E-state index in [2.05, 4.69) is 36.5 Å². The Morgan fingerprint density at radius 3 is 2.82 bits per heavy atom. The molecule has 1 heterocycles. The van der Waals surface area contributed by atoms with Gasteiger partial charge in [0.25, 0.3) is 0 Å². The largest absolute Gasteiger partial charge is 0.394 e. The van der Waals surface area contributed by atoms with Crippen LogP contribution in [-0.4, -0.2) is 34.0 Å². The fraction of sp³-hybridized carbons (Fsp3) is 0.750. The monoisotopic (exact) mass is 274 g/mol. The summed E-state index contributed by atoms with van der Waals surface area (Å²) in [6.07, 6.45) is 0.931. The Morgan fingerprint density at radius 2 is 2.35 bits per heavy atom. The highest BCUT2D eigenvalue weighted by atomic mass is 32.2. The summed E-state index contributed by atoms with van der Waals surface area (Å²) < 4.78 is 1.12. The molecule has 2 unspecified atom stereocenters. The number of rotatable bonds is 7. The third-order valence-electron chi connectivity index (χ3n) is 2.59. The van der Waals surface area contributed by atoms with E-state index in [-0.39, 0.29) is 12.1 Å². The lowest BCUT2D eigenvalue weighted by atomic mass is 9.97. The second kappa shape index (κ2) is 6.73. The van der Waals surface area contributed by atoms with E-state index in [4.69, 9.17) is 0 Å². The molecule has 0 amide bonds. The summed E-state index contributed by atoms with van der Waals surface area (Å²) in [4.78, 5) is 4.45. The molecule has 0 aromatic carbocycles. The molecule has 3 nitrogen and oxygen atoms in total. The molecule has 98 valence electrons. The molecule has 0 aliphatic rings. The van der Waals surface area contributed by atoms with Crippen LogP contribution in [-0.2, 0) is 0 Å². The van der Waals surface area contributed by atoms with E-state index in [1.165, 1.54) is 0 Å². The highest BCUT2D eigenvalue weighted by Gasteiger charge is 2.25. The normalized spacial score (nSPS) is 16.8. The number of aryl methyl sites for hydroxylation is 1. The first-order valence-electron chi connectivity index (χ1n) is 5.94. The standard InChI is InChI=1S/C12H22N2OS2/c1-5-13-12(4,8-15)6-10(3)17-11-14-9(2)7-16-11/h7,10,13,15H,5-6,8H2,1-4H3. The topological polar surface area (TPSA) is 45.1 Å². The molecule has 1 rings (SSSR count). The van der Waals surface area contributed by atoms with Gasteiger partial charge in [-0.1, -0.05) is 25.6 Å². The van der Waals surface area contributed by atoms with E-state index in [1.807, 2.05) is 6.92 Å². The Balaban J connectivity index is 2.50. The first-order valence-corrected chi connectivity index (χ1v) is 7.69. The number of nitrogens with one attached hydrogen (secondary N) is 1. The van der Waals surface area contributed by atoms with Gasteiger partial charge < -0.3 is 10.4 Å². The van der Waals surface area contributed by atoms with Crippen LogP contribution in [0.3, 0.4) is 0 Å². The van der Waals surface area contributed by atoms with Crippen LogP contribution in [0.25, 0.3) is 0 Å². The van der Waals surface area contributed by atoms with Crippen molar-refractivity contribution in [3.63, 3.8) is 0 Å². The fourth-order valence-corrected chi connectivity index (χ4v) is 4.23. The predicted molar refractivity (Wildman–Crippen MR) is 76.0 cm³/mol. The molecule has 1 aromatic heterocycles. The van der Waals surface area contributed by atoms with Crippen LogP contribution in [0.2, 0.25) is 0 Å². The van der Waals surface area contributed by atoms with Gasteiger partial charge in [-0.3, -0.25) is 0 Å². The fourth-order valence-electron chi connectivity index (χ4n) is 1.85. The maximum absolute atomic E-state index is 9.45. The first kappa shape index (κ1) is 15.0. The molecule has 0 saturated carbocycles. The summed E-state index contributed by atoms with van der Waals surface area (Å²) >= 11 is 3.48. The lowest BCUT2D eigenvalue weighted by Crippen LogP contribution is -2.47. The van der Waals surface area contributed by atoms with Gasteiger partial charge in [0.15, 0.2) is 0 Å². The Kier molecular flexibility index (Phi) is 5.92. The van der Waals surface area contributed by atoms with Crippen molar-refractivity contribution in [1.29, 1.82) is 0 Å². The quantitative estimate of drug-likeness (QED) is 0.750. The van der Waals surface area contributed by atoms with Crippen molar-refractivity contribution in [2.75, 3.05) is 13.2 Å². The molecule has 2 N–H and O–H groups in total. The number of aliphatic hydroxyl groups is 1. The predicted octanol–water partition coefficient (Wildman–Crippen LogP) is 2.68. The minimum atomic E-state index is -0.187. The van der Waals surface area contributed by atoms with E-state index >= 15 is 0 Å². The van der Waals surface area contributed by atoms with Gasteiger partial charge in [0.1, 0.15) is 4.34 Å². The van der Waals surface area contributed by atoms with Crippen LogP contribution >= 0.6 is 23.1 Å². The highest BCUT2D eigenvalue weighted by Crippen LogP contribution is 2.30. The maximum Gasteiger partial charge on any atom is 0.150 e. The SMILES string of the molecule is CCNC(C)(CO)CC(C)Sc1nc(C)cs1. The smallest absolute Gasteiger partial charge is 0.150 e. The Labute approximate surface area is 112 Å². The number of hydrogen-bond acceptors (Lipinski definition) is 5. The Hall–Kier alpha value is -0.100. The zero-order chi connectivity index (χ0) is 12.9. The molecule has 0 bridgehead atoms. The summed E-state index contributed by atoms with van der Waals surface area (Å²) in [6, 6.07) is 0. The van der Waals surface area contributed by atoms with E-state index < -0.39 is 0 Å². The van der Waals surface area contributed by atoms with Gasteiger partial charge in [0, 0.05) is 21.9 Å². The number of aliphatic hydroxyl groups excluding tert-OH is 1. The lowest BCUT2D eigenvalue weighted by Gasteiger charge is -2.30. The third kappa shape index (κ3) is 4.95. The summed E-state index contributed by atoms with van der Waals surface area (Å²) in [5.41, 5.74) is 0.898. The van der Waals surface area contributed by atoms with Crippen molar-refractivity contribution >= 4 is 23.1 Å². The van der Waals surface area contributed by atoms with Gasteiger partial charge in [0.05, 0.1) is 6.61 Å². The van der Waals surface area contributed by atoms with E-state index in [0.29, 0.717) is 5.25 Å². The van der Waals surface area contributed by atoms with Gasteiger partial charge in [0.2, 0.25) is 0 Å². The number of likely N-dealkylation sites (N-methyl/N-ethyl adjacent to an activating group) is 1. The maximum atomic E-state index is 9.45. The van der Waals surface area contributed by atoms with Crippen molar-refractivity contribution in [3.05, 3.63) is 11.1 Å². The number of aromatic nitrogens is 1. The van der Waals surface area contributed by atoms with Crippen molar-refractivity contribution in [2.45, 2.75) is 49.2 Å². The van der Waals surface area contributed by atoms with Gasteiger partial charge in [-0.15, -0.1) is 11.3 Å². The molecule has 0 saturated heterocycles. The van der Waals surface area contributed by atoms with Crippen molar-refractivity contribution in [1.82, 2.24) is 10.3 Å². The van der Waals surface area contributed by atoms with Crippen LogP contribution in [0.5, 0.6) is 0 Å². The number of nitrogens with zero attached hydrogens (tertiary/aromatic N) is 1. The summed E-state index contributed by atoms with van der Waals surface area (Å²) in [6.45, 7) is 9.39. The van der Waals surface area contributed by atoms with Crippen molar-refractivity contribution in [2.24, 2.45) is 0 Å². The third-order valence-corrected chi connectivity index (χ3v) is 4.78. The summed E-state index contributed by atoms with van der Waals surface area (Å²) in [5.74, 6) is 0.